The van der Waals surface area contributed by atoms with Crippen molar-refractivity contribution in [1.82, 2.24) is 9.88 Å². The molecule has 1 aromatic heterocycles. The molecule has 1 saturated heterocycles. The summed E-state index contributed by atoms with van der Waals surface area (Å²) in [7, 11) is 0. The second-order valence-corrected chi connectivity index (χ2v) is 4.66. The fourth-order valence-electron chi connectivity index (χ4n) is 2.19. The van der Waals surface area contributed by atoms with E-state index in [9.17, 15) is 9.59 Å². The number of piperidine rings is 1. The highest BCUT2D eigenvalue weighted by Crippen LogP contribution is 2.16. The first-order valence-electron chi connectivity index (χ1n) is 6.27. The first-order chi connectivity index (χ1) is 9.06. The molecule has 19 heavy (non-hydrogen) atoms. The normalized spacial score (nSPS) is 16.2. The van der Waals surface area contributed by atoms with Crippen molar-refractivity contribution in [2.45, 2.75) is 25.8 Å². The Labute approximate surface area is 111 Å². The topological polar surface area (TPSA) is 82.5 Å². The first-order valence-corrected chi connectivity index (χ1v) is 6.27. The second-order valence-electron chi connectivity index (χ2n) is 4.66. The van der Waals surface area contributed by atoms with Crippen molar-refractivity contribution in [3.8, 4) is 0 Å². The SMILES string of the molecule is CC(=O)N1CCC(Nc2cc(C(=O)O)ccn2)CC1. The van der Waals surface area contributed by atoms with E-state index in [0.29, 0.717) is 5.82 Å². The van der Waals surface area contributed by atoms with Crippen molar-refractivity contribution in [1.29, 1.82) is 0 Å². The second kappa shape index (κ2) is 5.69. The minimum absolute atomic E-state index is 0.101. The number of amides is 1. The molecule has 0 aromatic carbocycles. The molecular formula is C13H17N3O3. The van der Waals surface area contributed by atoms with Crippen molar-refractivity contribution in [2.75, 3.05) is 18.4 Å². The first kappa shape index (κ1) is 13.3. The van der Waals surface area contributed by atoms with E-state index in [0.717, 1.165) is 25.9 Å². The van der Waals surface area contributed by atoms with E-state index in [1.807, 2.05) is 4.90 Å². The summed E-state index contributed by atoms with van der Waals surface area (Å²) in [5.41, 5.74) is 0.221. The molecule has 2 heterocycles. The van der Waals surface area contributed by atoms with Crippen LogP contribution in [0.4, 0.5) is 5.82 Å². The molecule has 1 amide bonds. The Bertz CT molecular complexity index is 482. The molecule has 6 nitrogen and oxygen atoms in total. The van der Waals surface area contributed by atoms with Gasteiger partial charge in [-0.25, -0.2) is 9.78 Å². The number of likely N-dealkylation sites (tertiary alicyclic amines) is 1. The number of carboxylic acid groups (broad SMARTS) is 1. The molecule has 2 N–H and O–H groups in total. The van der Waals surface area contributed by atoms with Gasteiger partial charge in [0.2, 0.25) is 5.91 Å². The van der Waals surface area contributed by atoms with Crippen molar-refractivity contribution in [2.24, 2.45) is 0 Å². The molecule has 0 bridgehead atoms. The number of pyridine rings is 1. The number of nitrogens with one attached hydrogen (secondary N) is 1. The summed E-state index contributed by atoms with van der Waals surface area (Å²) < 4.78 is 0. The van der Waals surface area contributed by atoms with E-state index in [1.54, 1.807) is 6.92 Å². The molecule has 6 heteroatoms. The minimum Gasteiger partial charge on any atom is -0.478 e. The zero-order chi connectivity index (χ0) is 13.8. The lowest BCUT2D eigenvalue weighted by Gasteiger charge is -2.31. The molecule has 1 aliphatic rings. The maximum atomic E-state index is 11.2. The van der Waals surface area contributed by atoms with Gasteiger partial charge in [-0.2, -0.15) is 0 Å². The summed E-state index contributed by atoms with van der Waals surface area (Å²) in [4.78, 5) is 28.0. The maximum Gasteiger partial charge on any atom is 0.335 e. The van der Waals surface area contributed by atoms with Gasteiger partial charge in [0, 0.05) is 32.3 Å². The molecular weight excluding hydrogens is 246 g/mol. The van der Waals surface area contributed by atoms with Crippen molar-refractivity contribution in [3.05, 3.63) is 23.9 Å². The molecule has 0 radical (unpaired) electrons. The number of aromatic carboxylic acids is 1. The summed E-state index contributed by atoms with van der Waals surface area (Å²) in [6, 6.07) is 3.22. The number of carboxylic acids is 1. The fraction of sp³-hybridized carbons (Fsp3) is 0.462. The predicted octanol–water partition coefficient (Wildman–Crippen LogP) is 1.20. The van der Waals surface area contributed by atoms with Crippen molar-refractivity contribution < 1.29 is 14.7 Å². The molecule has 1 aliphatic heterocycles. The van der Waals surface area contributed by atoms with E-state index in [4.69, 9.17) is 5.11 Å². The Balaban J connectivity index is 1.94. The van der Waals surface area contributed by atoms with Gasteiger partial charge in [0.05, 0.1) is 5.56 Å². The van der Waals surface area contributed by atoms with Gasteiger partial charge in [-0.3, -0.25) is 4.79 Å². The van der Waals surface area contributed by atoms with Gasteiger partial charge < -0.3 is 15.3 Å². The lowest BCUT2D eigenvalue weighted by molar-refractivity contribution is -0.129. The third kappa shape index (κ3) is 3.43. The molecule has 0 unspecified atom stereocenters. The number of carbonyl (C=O) groups is 2. The van der Waals surface area contributed by atoms with Crippen LogP contribution in [0.15, 0.2) is 18.3 Å². The quantitative estimate of drug-likeness (QED) is 0.856. The molecule has 2 rings (SSSR count). The Kier molecular flexibility index (Phi) is 3.99. The highest BCUT2D eigenvalue weighted by atomic mass is 16.4. The average Bonchev–Trinajstić information content (AvgIpc) is 2.39. The minimum atomic E-state index is -0.961. The molecule has 102 valence electrons. The van der Waals surface area contributed by atoms with E-state index < -0.39 is 5.97 Å². The number of hydrogen-bond donors (Lipinski definition) is 2. The number of carbonyl (C=O) groups excluding carboxylic acids is 1. The number of aromatic nitrogens is 1. The van der Waals surface area contributed by atoms with Gasteiger partial charge in [-0.1, -0.05) is 0 Å². The van der Waals surface area contributed by atoms with Crippen LogP contribution >= 0.6 is 0 Å². The van der Waals surface area contributed by atoms with Crippen LogP contribution in [0.2, 0.25) is 0 Å². The number of hydrogen-bond acceptors (Lipinski definition) is 4. The van der Waals surface area contributed by atoms with Gasteiger partial charge in [0.15, 0.2) is 0 Å². The molecule has 0 atom stereocenters. The molecule has 1 fully saturated rings. The van der Waals surface area contributed by atoms with Crippen LogP contribution in [0.3, 0.4) is 0 Å². The fourth-order valence-corrected chi connectivity index (χ4v) is 2.19. The zero-order valence-corrected chi connectivity index (χ0v) is 10.8. The average molecular weight is 263 g/mol. The highest BCUT2D eigenvalue weighted by Gasteiger charge is 2.20. The third-order valence-electron chi connectivity index (χ3n) is 3.30. The van der Waals surface area contributed by atoms with E-state index in [2.05, 4.69) is 10.3 Å². The lowest BCUT2D eigenvalue weighted by Crippen LogP contribution is -2.41. The van der Waals surface area contributed by atoms with Crippen LogP contribution in [-0.2, 0) is 4.79 Å². The zero-order valence-electron chi connectivity index (χ0n) is 10.8. The number of nitrogens with zero attached hydrogens (tertiary/aromatic N) is 2. The molecule has 0 saturated carbocycles. The molecule has 0 aliphatic carbocycles. The standard InChI is InChI=1S/C13H17N3O3/c1-9(17)16-6-3-11(4-7-16)15-12-8-10(13(18)19)2-5-14-12/h2,5,8,11H,3-4,6-7H2,1H3,(H,14,15)(H,18,19). The number of anilines is 1. The Morgan fingerprint density at radius 1 is 1.42 bits per heavy atom. The number of rotatable bonds is 3. The van der Waals surface area contributed by atoms with Crippen LogP contribution in [-0.4, -0.2) is 46.0 Å². The van der Waals surface area contributed by atoms with Crippen LogP contribution in [0.1, 0.15) is 30.1 Å². The summed E-state index contributed by atoms with van der Waals surface area (Å²) in [6.07, 6.45) is 3.17. The smallest absolute Gasteiger partial charge is 0.335 e. The van der Waals surface area contributed by atoms with Crippen molar-refractivity contribution in [3.63, 3.8) is 0 Å². The summed E-state index contributed by atoms with van der Waals surface area (Å²) in [6.45, 7) is 3.03. The molecule has 1 aromatic rings. The van der Waals surface area contributed by atoms with E-state index >= 15 is 0 Å². The van der Waals surface area contributed by atoms with Crippen LogP contribution < -0.4 is 5.32 Å². The van der Waals surface area contributed by atoms with E-state index in [-0.39, 0.29) is 17.5 Å². The van der Waals surface area contributed by atoms with E-state index in [1.165, 1.54) is 18.3 Å². The summed E-state index contributed by atoms with van der Waals surface area (Å²) in [5, 5.41) is 12.1. The Hall–Kier alpha value is -2.11. The maximum absolute atomic E-state index is 11.2. The van der Waals surface area contributed by atoms with Gasteiger partial charge in [0.1, 0.15) is 5.82 Å². The molecule has 0 spiro atoms. The third-order valence-corrected chi connectivity index (χ3v) is 3.30. The van der Waals surface area contributed by atoms with Crippen LogP contribution in [0, 0.1) is 0 Å². The summed E-state index contributed by atoms with van der Waals surface area (Å²) >= 11 is 0. The van der Waals surface area contributed by atoms with Gasteiger partial charge in [-0.15, -0.1) is 0 Å². The predicted molar refractivity (Wildman–Crippen MR) is 70.1 cm³/mol. The van der Waals surface area contributed by atoms with Crippen molar-refractivity contribution >= 4 is 17.7 Å². The van der Waals surface area contributed by atoms with Gasteiger partial charge >= 0.3 is 5.97 Å². The largest absolute Gasteiger partial charge is 0.478 e. The summed E-state index contributed by atoms with van der Waals surface area (Å²) in [5.74, 6) is -0.289. The lowest BCUT2D eigenvalue weighted by atomic mass is 10.0. The van der Waals surface area contributed by atoms with Crippen LogP contribution in [0.5, 0.6) is 0 Å². The van der Waals surface area contributed by atoms with Gasteiger partial charge in [0.25, 0.3) is 0 Å². The van der Waals surface area contributed by atoms with Crippen LogP contribution in [0.25, 0.3) is 0 Å². The highest BCUT2D eigenvalue weighted by molar-refractivity contribution is 5.88. The monoisotopic (exact) mass is 263 g/mol. The Morgan fingerprint density at radius 3 is 2.68 bits per heavy atom. The Morgan fingerprint density at radius 2 is 2.11 bits per heavy atom. The van der Waals surface area contributed by atoms with Gasteiger partial charge in [-0.05, 0) is 25.0 Å².